The van der Waals surface area contributed by atoms with Crippen molar-refractivity contribution >= 4 is 15.6 Å². The van der Waals surface area contributed by atoms with Gasteiger partial charge in [-0.15, -0.1) is 0 Å². The minimum Gasteiger partial charge on any atom is -0.261 e. The summed E-state index contributed by atoms with van der Waals surface area (Å²) in [5.74, 6) is -1.97. The van der Waals surface area contributed by atoms with Crippen LogP contribution in [0, 0.1) is 5.92 Å². The number of carbonyl (C=O) groups excluding carboxylic acids is 1. The highest BCUT2D eigenvalue weighted by molar-refractivity contribution is 7.93. The topological polar surface area (TPSA) is 46.5 Å². The third-order valence-electron chi connectivity index (χ3n) is 3.16. The van der Waals surface area contributed by atoms with Gasteiger partial charge in [-0.25, -0.2) is 4.21 Å². The summed E-state index contributed by atoms with van der Waals surface area (Å²) in [5.41, 5.74) is 0. The zero-order chi connectivity index (χ0) is 13.8. The molecule has 1 atom stereocenters. The van der Waals surface area contributed by atoms with Crippen molar-refractivity contribution in [1.82, 2.24) is 0 Å². The number of hydrogen-bond acceptors (Lipinski definition) is 2. The van der Waals surface area contributed by atoms with Gasteiger partial charge in [0.1, 0.15) is 0 Å². The number of alkyl halides is 3. The number of halogens is 3. The van der Waals surface area contributed by atoms with Gasteiger partial charge in [0, 0.05) is 11.5 Å². The number of rotatable bonds is 3. The van der Waals surface area contributed by atoms with E-state index < -0.39 is 21.8 Å². The lowest BCUT2D eigenvalue weighted by molar-refractivity contribution is -0.169. The molecular formula is C11H18F3NO2S. The predicted octanol–water partition coefficient (Wildman–Crippen LogP) is 3.14. The van der Waals surface area contributed by atoms with Gasteiger partial charge in [0.2, 0.25) is 0 Å². The highest BCUT2D eigenvalue weighted by Gasteiger charge is 2.39. The van der Waals surface area contributed by atoms with Gasteiger partial charge in [0.15, 0.2) is 0 Å². The molecule has 1 rings (SSSR count). The van der Waals surface area contributed by atoms with E-state index in [-0.39, 0.29) is 17.4 Å². The van der Waals surface area contributed by atoms with Gasteiger partial charge in [-0.1, -0.05) is 26.2 Å². The first-order chi connectivity index (χ1) is 8.27. The lowest BCUT2D eigenvalue weighted by Crippen LogP contribution is -2.26. The van der Waals surface area contributed by atoms with Crippen molar-refractivity contribution in [3.63, 3.8) is 0 Å². The maximum atomic E-state index is 12.2. The molecule has 7 heteroatoms. The highest BCUT2D eigenvalue weighted by Crippen LogP contribution is 2.26. The molecule has 0 aromatic carbocycles. The molecule has 18 heavy (non-hydrogen) atoms. The molecule has 0 aromatic rings. The number of amides is 1. The van der Waals surface area contributed by atoms with Crippen LogP contribution in [0.2, 0.25) is 0 Å². The normalized spacial score (nSPS) is 21.3. The van der Waals surface area contributed by atoms with E-state index in [2.05, 4.69) is 4.36 Å². The van der Waals surface area contributed by atoms with E-state index in [0.717, 1.165) is 32.1 Å². The van der Waals surface area contributed by atoms with Crippen LogP contribution in [0.3, 0.4) is 0 Å². The first kappa shape index (κ1) is 15.5. The first-order valence-corrected chi connectivity index (χ1v) is 7.96. The van der Waals surface area contributed by atoms with E-state index in [1.165, 1.54) is 6.92 Å². The van der Waals surface area contributed by atoms with Crippen LogP contribution in [0.4, 0.5) is 13.2 Å². The summed E-state index contributed by atoms with van der Waals surface area (Å²) in [5, 5.41) is 0. The molecule has 1 amide bonds. The highest BCUT2D eigenvalue weighted by atomic mass is 32.2. The molecule has 0 spiro atoms. The fourth-order valence-electron chi connectivity index (χ4n) is 2.14. The third-order valence-corrected chi connectivity index (χ3v) is 5.56. The van der Waals surface area contributed by atoms with E-state index >= 15 is 0 Å². The Kier molecular flexibility index (Phi) is 5.19. The predicted molar refractivity (Wildman–Crippen MR) is 63.6 cm³/mol. The molecule has 0 N–H and O–H groups in total. The monoisotopic (exact) mass is 285 g/mol. The van der Waals surface area contributed by atoms with Crippen LogP contribution in [0.5, 0.6) is 0 Å². The molecule has 0 bridgehead atoms. The zero-order valence-corrected chi connectivity index (χ0v) is 11.1. The molecule has 1 aliphatic carbocycles. The minimum atomic E-state index is -5.02. The Balaban J connectivity index is 2.81. The Bertz CT molecular complexity index is 405. The lowest BCUT2D eigenvalue weighted by atomic mass is 9.91. The molecule has 0 saturated heterocycles. The maximum Gasteiger partial charge on any atom is 0.474 e. The van der Waals surface area contributed by atoms with E-state index in [1.54, 1.807) is 0 Å². The first-order valence-electron chi connectivity index (χ1n) is 6.10. The Morgan fingerprint density at radius 3 is 2.28 bits per heavy atom. The van der Waals surface area contributed by atoms with Crippen molar-refractivity contribution in [2.24, 2.45) is 10.3 Å². The maximum absolute atomic E-state index is 12.2. The minimum absolute atomic E-state index is 0.00861. The molecule has 0 aromatic heterocycles. The van der Waals surface area contributed by atoms with E-state index in [1.807, 2.05) is 0 Å². The van der Waals surface area contributed by atoms with Gasteiger partial charge >= 0.3 is 12.1 Å². The largest absolute Gasteiger partial charge is 0.474 e. The van der Waals surface area contributed by atoms with Crippen LogP contribution >= 0.6 is 0 Å². The summed E-state index contributed by atoms with van der Waals surface area (Å²) in [6, 6.07) is 0. The summed E-state index contributed by atoms with van der Waals surface area (Å²) < 4.78 is 51.5. The van der Waals surface area contributed by atoms with E-state index in [0.29, 0.717) is 0 Å². The SMILES string of the molecule is CCS(=O)(CC1CCCCC1)=NC(=O)C(F)(F)F. The van der Waals surface area contributed by atoms with Crippen LogP contribution in [-0.4, -0.2) is 27.8 Å². The molecule has 1 unspecified atom stereocenters. The Morgan fingerprint density at radius 2 is 1.83 bits per heavy atom. The average Bonchev–Trinajstić information content (AvgIpc) is 2.29. The van der Waals surface area contributed by atoms with Gasteiger partial charge in [0.25, 0.3) is 0 Å². The van der Waals surface area contributed by atoms with Gasteiger partial charge in [-0.05, 0) is 18.8 Å². The molecule has 0 heterocycles. The molecule has 1 fully saturated rings. The standard InChI is InChI=1S/C11H18F3NO2S/c1-2-18(17,15-10(16)11(12,13)14)8-9-6-4-3-5-7-9/h9H,2-8H2,1H3. The van der Waals surface area contributed by atoms with Crippen molar-refractivity contribution in [3.05, 3.63) is 0 Å². The Hall–Kier alpha value is -0.590. The third kappa shape index (κ3) is 4.59. The van der Waals surface area contributed by atoms with Crippen molar-refractivity contribution in [1.29, 1.82) is 0 Å². The quantitative estimate of drug-likeness (QED) is 0.799. The fraction of sp³-hybridized carbons (Fsp3) is 0.909. The summed E-state index contributed by atoms with van der Waals surface area (Å²) in [6.45, 7) is 1.51. The van der Waals surface area contributed by atoms with Crippen molar-refractivity contribution in [2.45, 2.75) is 45.2 Å². The molecule has 0 radical (unpaired) electrons. The molecule has 1 saturated carbocycles. The van der Waals surface area contributed by atoms with Crippen LogP contribution in [-0.2, 0) is 14.5 Å². The number of hydrogen-bond donors (Lipinski definition) is 0. The van der Waals surface area contributed by atoms with Gasteiger partial charge in [-0.2, -0.15) is 17.5 Å². The molecular weight excluding hydrogens is 267 g/mol. The Labute approximate surface area is 105 Å². The summed E-state index contributed by atoms with van der Waals surface area (Å²) in [6.07, 6.45) is -0.152. The second kappa shape index (κ2) is 6.04. The van der Waals surface area contributed by atoms with Crippen molar-refractivity contribution < 1.29 is 22.2 Å². The second-order valence-corrected chi connectivity index (χ2v) is 7.26. The van der Waals surface area contributed by atoms with E-state index in [4.69, 9.17) is 0 Å². The average molecular weight is 285 g/mol. The summed E-state index contributed by atoms with van der Waals surface area (Å²) >= 11 is 0. The second-order valence-electron chi connectivity index (χ2n) is 4.63. The van der Waals surface area contributed by atoms with E-state index in [9.17, 15) is 22.2 Å². The van der Waals surface area contributed by atoms with Gasteiger partial charge in [-0.3, -0.25) is 4.79 Å². The van der Waals surface area contributed by atoms with Crippen molar-refractivity contribution in [2.75, 3.05) is 11.5 Å². The van der Waals surface area contributed by atoms with Gasteiger partial charge in [0.05, 0.1) is 9.73 Å². The fourth-order valence-corrected chi connectivity index (χ4v) is 4.06. The van der Waals surface area contributed by atoms with Crippen molar-refractivity contribution in [3.8, 4) is 0 Å². The molecule has 0 aliphatic heterocycles. The zero-order valence-electron chi connectivity index (χ0n) is 10.3. The molecule has 1 aliphatic rings. The van der Waals surface area contributed by atoms with Crippen LogP contribution < -0.4 is 0 Å². The molecule has 106 valence electrons. The number of nitrogens with zero attached hydrogens (tertiary/aromatic N) is 1. The summed E-state index contributed by atoms with van der Waals surface area (Å²) in [4.78, 5) is 10.8. The summed E-state index contributed by atoms with van der Waals surface area (Å²) in [7, 11) is -3.05. The lowest BCUT2D eigenvalue weighted by Gasteiger charge is -2.22. The van der Waals surface area contributed by atoms with Crippen LogP contribution in [0.15, 0.2) is 4.36 Å². The smallest absolute Gasteiger partial charge is 0.261 e. The van der Waals surface area contributed by atoms with Crippen LogP contribution in [0.1, 0.15) is 39.0 Å². The number of carbonyl (C=O) groups is 1. The Morgan fingerprint density at radius 1 is 1.28 bits per heavy atom. The van der Waals surface area contributed by atoms with Crippen LogP contribution in [0.25, 0.3) is 0 Å². The molecule has 3 nitrogen and oxygen atoms in total. The van der Waals surface area contributed by atoms with Gasteiger partial charge < -0.3 is 0 Å².